The summed E-state index contributed by atoms with van der Waals surface area (Å²) in [6.07, 6.45) is 13.6. The van der Waals surface area contributed by atoms with Crippen molar-refractivity contribution in [3.05, 3.63) is 195 Å². The Labute approximate surface area is 803 Å². The van der Waals surface area contributed by atoms with E-state index < -0.39 is 119 Å². The molecule has 0 saturated carbocycles. The van der Waals surface area contributed by atoms with Gasteiger partial charge in [0.1, 0.15) is 42.4 Å². The summed E-state index contributed by atoms with van der Waals surface area (Å²) in [6, 6.07) is 25.6. The predicted octanol–water partition coefficient (Wildman–Crippen LogP) is 7.79. The van der Waals surface area contributed by atoms with E-state index in [1.54, 1.807) is 56.3 Å². The second kappa shape index (κ2) is 55.3. The number of methoxy groups -OCH3 is 4. The summed E-state index contributed by atoms with van der Waals surface area (Å²) in [7, 11) is 5.53. The number of aromatic hydroxyl groups is 5. The van der Waals surface area contributed by atoms with E-state index in [1.165, 1.54) is 176 Å². The van der Waals surface area contributed by atoms with Crippen molar-refractivity contribution < 1.29 is 126 Å². The normalized spacial score (nSPS) is 12.5. The maximum atomic E-state index is 15.1. The highest BCUT2D eigenvalue weighted by Gasteiger charge is 2.37. The third-order valence-electron chi connectivity index (χ3n) is 22.2. The lowest BCUT2D eigenvalue weighted by Gasteiger charge is -2.31. The van der Waals surface area contributed by atoms with Crippen molar-refractivity contribution in [1.29, 1.82) is 0 Å². The third-order valence-corrected chi connectivity index (χ3v) is 22.2. The third kappa shape index (κ3) is 35.6. The molecule has 139 heavy (non-hydrogen) atoms. The number of nitrogens with one attached hydrogen (secondary N) is 10. The summed E-state index contributed by atoms with van der Waals surface area (Å²) < 4.78 is 43.7. The van der Waals surface area contributed by atoms with E-state index in [9.17, 15) is 83.4 Å². The van der Waals surface area contributed by atoms with Crippen LogP contribution in [0.15, 0.2) is 161 Å². The molecule has 18 N–H and O–H groups in total. The number of amides is 9. The van der Waals surface area contributed by atoms with Crippen LogP contribution in [0, 0.1) is 0 Å². The van der Waals surface area contributed by atoms with Crippen molar-refractivity contribution in [3.8, 4) is 74.2 Å². The summed E-state index contributed by atoms with van der Waals surface area (Å²) >= 11 is 0. The van der Waals surface area contributed by atoms with Crippen molar-refractivity contribution in [2.45, 2.75) is 140 Å². The first-order valence-electron chi connectivity index (χ1n) is 45.2. The predicted molar refractivity (Wildman–Crippen MR) is 518 cm³/mol. The van der Waals surface area contributed by atoms with Gasteiger partial charge in [-0.1, -0.05) is 24.3 Å². The first-order chi connectivity index (χ1) is 66.5. The fourth-order valence-electron chi connectivity index (χ4n) is 14.5. The zero-order valence-corrected chi connectivity index (χ0v) is 78.9. The molecule has 6 aromatic rings. The van der Waals surface area contributed by atoms with Gasteiger partial charge in [0, 0.05) is 97.8 Å². The molecule has 38 heteroatoms. The molecule has 0 saturated heterocycles. The quantitative estimate of drug-likeness (QED) is 0.00982. The van der Waals surface area contributed by atoms with Gasteiger partial charge in [-0.2, -0.15) is 0 Å². The number of hydrogen-bond donors (Lipinski definition) is 17. The number of fused-ring (bicyclic) bond motifs is 2. The highest BCUT2D eigenvalue weighted by molar-refractivity contribution is 6.10. The van der Waals surface area contributed by atoms with Gasteiger partial charge in [-0.05, 0) is 248 Å². The van der Waals surface area contributed by atoms with E-state index in [0.717, 1.165) is 0 Å². The Balaban J connectivity index is 0.834. The lowest BCUT2D eigenvalue weighted by molar-refractivity contribution is -0.134. The summed E-state index contributed by atoms with van der Waals surface area (Å²) in [5, 5.41) is 89.9. The average molecular weight is 1920 g/mol. The number of nitrogens with two attached hydrogens (primary N) is 1. The standard InChI is InChI=1S/C101H123N11O27/c1-100(2,112-74(95(102)126)18-10-16-46-107-96(127)66-29-32-69(99(130)131)72(57-66)93-70-33-30-67(113)58-81(70)139-82-59-68(114)31-34-71(82)93)87(119)60-138-61-92(124)106-47-49-136-51-52-137-50-48-108-101(3,4)94(125)73(17-9-13-43-103-88(120)39-25-62-21-35-77(115)83(53-62)132-5)110-98(129)76(20-12-15-45-105-90(122)41-27-64-23-37-79(117)85(55-64)134-7)111-97(128)75(109-91(123)42-28-65-24-38-80(118)86(56-65)135-8)19-11-14-44-104-89(121)40-26-63-22-36-78(116)84(54-63)133-6/h21-42,53-59,73-76,108,112-113,115-118H,9-20,43-52,60-61H2,1-8H3,(H2,102,126)(H,103,120)(H,104,121)(H,105,122)(H,106,124)(H,107,127)(H,109,123)(H,110,129)(H,111,128)(H,130,131)/b39-25+,40-26+,41-27+,42-28+. The van der Waals surface area contributed by atoms with Crippen LogP contribution < -0.4 is 83.3 Å². The van der Waals surface area contributed by atoms with E-state index in [1.807, 2.05) is 0 Å². The number of aromatic carboxylic acids is 1. The first kappa shape index (κ1) is 109. The number of hydrogen-bond acceptors (Lipinski definition) is 28. The number of primary amides is 1. The SMILES string of the molecule is COc1cc(/C=C/C(=O)NCCCCC(NC(=O)/C=C/c2ccc(O)c(OC)c2)C(=O)NC(CCCCNC(=O)/C=C/c2ccc(O)c(OC)c2)C(=O)NC(CCCCNC(=O)/C=C/c2ccc(O)c(OC)c2)C(=O)C(C)(C)NCCOCCOCCNC(=O)COCC(=O)C(C)(C)NC(CCCCNC(=O)c2ccc(C(=O)O)c(-c3c4ccc(=O)cc-4oc4cc(O)ccc34)c2)C(N)=O)ccc1O. The summed E-state index contributed by atoms with van der Waals surface area (Å²) in [5.41, 5.74) is 5.93. The van der Waals surface area contributed by atoms with Crippen molar-refractivity contribution in [3.63, 3.8) is 0 Å². The molecule has 9 amide bonds. The molecule has 8 rings (SSSR count). The van der Waals surface area contributed by atoms with Gasteiger partial charge >= 0.3 is 5.97 Å². The number of benzene rings is 7. The van der Waals surface area contributed by atoms with Gasteiger partial charge in [-0.25, -0.2) is 4.79 Å². The van der Waals surface area contributed by atoms with Gasteiger partial charge in [0.05, 0.1) is 83.6 Å². The highest BCUT2D eigenvalue weighted by atomic mass is 16.5. The van der Waals surface area contributed by atoms with Gasteiger partial charge in [0.25, 0.3) is 5.91 Å². The summed E-state index contributed by atoms with van der Waals surface area (Å²) in [6.45, 7) is 6.34. The van der Waals surface area contributed by atoms with Crippen LogP contribution in [-0.2, 0) is 62.2 Å². The lowest BCUT2D eigenvalue weighted by Crippen LogP contribution is -2.59. The second-order valence-corrected chi connectivity index (χ2v) is 33.4. The molecule has 0 bridgehead atoms. The van der Waals surface area contributed by atoms with Crippen molar-refractivity contribution >= 4 is 106 Å². The Morgan fingerprint density at radius 2 is 0.871 bits per heavy atom. The molecule has 0 fully saturated rings. The minimum atomic E-state index is -1.37. The maximum absolute atomic E-state index is 15.1. The second-order valence-electron chi connectivity index (χ2n) is 33.4. The molecule has 2 aliphatic rings. The van der Waals surface area contributed by atoms with Crippen LogP contribution in [0.1, 0.15) is 148 Å². The molecule has 744 valence electrons. The van der Waals surface area contributed by atoms with E-state index in [4.69, 9.17) is 43.3 Å². The van der Waals surface area contributed by atoms with Crippen LogP contribution in [0.4, 0.5) is 0 Å². The molecule has 38 nitrogen and oxygen atoms in total. The van der Waals surface area contributed by atoms with Crippen LogP contribution in [0.3, 0.4) is 0 Å². The number of rotatable bonds is 60. The Morgan fingerprint density at radius 1 is 0.424 bits per heavy atom. The van der Waals surface area contributed by atoms with Crippen LogP contribution in [0.5, 0.6) is 51.7 Å². The number of carboxylic acids is 1. The lowest BCUT2D eigenvalue weighted by atomic mass is 9.89. The fraction of sp³-hybridized carbons (Fsp3) is 0.376. The summed E-state index contributed by atoms with van der Waals surface area (Å²) in [4.78, 5) is 175. The topological polar surface area (TPSA) is 567 Å². The Bertz CT molecular complexity index is 5770. The molecule has 6 aromatic carbocycles. The smallest absolute Gasteiger partial charge is 0.336 e. The first-order valence-corrected chi connectivity index (χ1v) is 45.2. The highest BCUT2D eigenvalue weighted by Crippen LogP contribution is 2.43. The molecule has 4 unspecified atom stereocenters. The minimum absolute atomic E-state index is 0.00680. The number of Topliss-reactive ketones (excluding diaryl/α,β-unsaturated/α-hetero) is 2. The number of carbonyl (C=O) groups excluding carboxylic acids is 11. The van der Waals surface area contributed by atoms with E-state index in [2.05, 4.69) is 53.2 Å². The molecular weight excluding hydrogens is 1800 g/mol. The monoisotopic (exact) mass is 1920 g/mol. The van der Waals surface area contributed by atoms with Crippen LogP contribution in [0.25, 0.3) is 57.7 Å². The molecule has 0 aromatic heterocycles. The van der Waals surface area contributed by atoms with Crippen LogP contribution >= 0.6 is 0 Å². The van der Waals surface area contributed by atoms with Crippen LogP contribution in [-0.4, -0.2) is 244 Å². The number of ether oxygens (including phenoxy) is 7. The minimum Gasteiger partial charge on any atom is -0.508 e. The molecule has 0 spiro atoms. The average Bonchev–Trinajstić information content (AvgIpc) is 0.744. The number of carbonyl (C=O) groups is 12. The van der Waals surface area contributed by atoms with Crippen molar-refractivity contribution in [1.82, 2.24) is 53.2 Å². The van der Waals surface area contributed by atoms with Gasteiger partial charge in [-0.15, -0.1) is 0 Å². The largest absolute Gasteiger partial charge is 0.508 e. The summed E-state index contributed by atoms with van der Waals surface area (Å²) in [5.74, 6) is -7.34. The number of ketones is 2. The van der Waals surface area contributed by atoms with Gasteiger partial charge in [0.15, 0.2) is 63.0 Å². The number of carboxylic acid groups (broad SMARTS) is 1. The van der Waals surface area contributed by atoms with E-state index >= 15 is 9.59 Å². The van der Waals surface area contributed by atoms with E-state index in [-0.39, 0.29) is 202 Å². The Kier molecular flexibility index (Phi) is 43.5. The number of phenolic OH excluding ortho intramolecular Hbond substituents is 5. The zero-order chi connectivity index (χ0) is 101. The molecule has 1 aliphatic heterocycles. The molecule has 4 atom stereocenters. The number of unbranched alkanes of at least 4 members (excludes halogenated alkanes) is 4. The van der Waals surface area contributed by atoms with Crippen molar-refractivity contribution in [2.75, 3.05) is 107 Å². The van der Waals surface area contributed by atoms with E-state index in [0.29, 0.717) is 64.5 Å². The van der Waals surface area contributed by atoms with Gasteiger partial charge < -0.3 is 122 Å². The van der Waals surface area contributed by atoms with Gasteiger partial charge in [-0.3, -0.25) is 62.9 Å². The zero-order valence-electron chi connectivity index (χ0n) is 78.9. The van der Waals surface area contributed by atoms with Gasteiger partial charge in [0.2, 0.25) is 47.3 Å². The molecule has 1 aliphatic carbocycles. The molecular formula is C101H123N11O27. The van der Waals surface area contributed by atoms with Crippen molar-refractivity contribution in [2.24, 2.45) is 5.73 Å². The Hall–Kier alpha value is -15.0. The number of phenols is 5. The molecule has 1 heterocycles. The molecule has 0 radical (unpaired) electrons. The Morgan fingerprint density at radius 3 is 1.35 bits per heavy atom. The van der Waals surface area contributed by atoms with Crippen LogP contribution in [0.2, 0.25) is 0 Å². The maximum Gasteiger partial charge on any atom is 0.336 e. The fourth-order valence-corrected chi connectivity index (χ4v) is 14.5.